The van der Waals surface area contributed by atoms with E-state index < -0.39 is 21.5 Å². The molecule has 162 valence electrons. The molecule has 0 radical (unpaired) electrons. The van der Waals surface area contributed by atoms with Crippen molar-refractivity contribution in [1.29, 1.82) is 0 Å². The molecule has 30 heavy (non-hydrogen) atoms. The van der Waals surface area contributed by atoms with Gasteiger partial charge < -0.3 is 14.8 Å². The molecule has 0 aliphatic heterocycles. The van der Waals surface area contributed by atoms with Crippen molar-refractivity contribution >= 4 is 21.6 Å². The standard InChI is InChI=1S/C22H29N3O4S/c1-12-8-9-16-17(12)10-14-6-5-7-15(14)20(16)24-21(26)25-30(23,28)19-11-18(13(2)29-19)22(3,4)27/h10-12,27H,5-9H2,1-4H3,(H3,23,24,25,26,28)/t12-,30?/m0/s1. The average Bonchev–Trinajstić information content (AvgIpc) is 3.33. The summed E-state index contributed by atoms with van der Waals surface area (Å²) in [6.07, 6.45) is 4.94. The van der Waals surface area contributed by atoms with Crippen molar-refractivity contribution in [2.45, 2.75) is 76.4 Å². The Bertz CT molecular complexity index is 1150. The van der Waals surface area contributed by atoms with Gasteiger partial charge in [0.1, 0.15) is 5.76 Å². The predicted molar refractivity (Wildman–Crippen MR) is 116 cm³/mol. The monoisotopic (exact) mass is 431 g/mol. The van der Waals surface area contributed by atoms with Gasteiger partial charge in [-0.25, -0.2) is 14.1 Å². The summed E-state index contributed by atoms with van der Waals surface area (Å²) >= 11 is 0. The van der Waals surface area contributed by atoms with E-state index in [1.54, 1.807) is 20.8 Å². The molecule has 0 saturated heterocycles. The van der Waals surface area contributed by atoms with E-state index in [1.807, 2.05) is 0 Å². The van der Waals surface area contributed by atoms with Crippen LogP contribution >= 0.6 is 0 Å². The van der Waals surface area contributed by atoms with Gasteiger partial charge in [0.25, 0.3) is 0 Å². The number of amides is 2. The molecule has 1 heterocycles. The highest BCUT2D eigenvalue weighted by atomic mass is 32.2. The van der Waals surface area contributed by atoms with Crippen LogP contribution in [0.2, 0.25) is 0 Å². The summed E-state index contributed by atoms with van der Waals surface area (Å²) in [5.41, 5.74) is 4.98. The van der Waals surface area contributed by atoms with Crippen LogP contribution < -0.4 is 10.5 Å². The van der Waals surface area contributed by atoms with E-state index in [0.717, 1.165) is 48.9 Å². The van der Waals surface area contributed by atoms with Gasteiger partial charge in [-0.15, -0.1) is 4.36 Å². The van der Waals surface area contributed by atoms with Crippen molar-refractivity contribution in [3.8, 4) is 0 Å². The molecule has 0 saturated carbocycles. The number of urea groups is 1. The summed E-state index contributed by atoms with van der Waals surface area (Å²) in [5.74, 6) is 0.850. The average molecular weight is 432 g/mol. The second kappa shape index (κ2) is 7.21. The summed E-state index contributed by atoms with van der Waals surface area (Å²) in [6.45, 7) is 7.03. The van der Waals surface area contributed by atoms with Gasteiger partial charge in [-0.3, -0.25) is 0 Å². The Morgan fingerprint density at radius 3 is 2.70 bits per heavy atom. The summed E-state index contributed by atoms with van der Waals surface area (Å²) in [7, 11) is -3.60. The fraction of sp³-hybridized carbons (Fsp3) is 0.500. The summed E-state index contributed by atoms with van der Waals surface area (Å²) in [6, 6.07) is 2.95. The molecule has 2 aliphatic carbocycles. The van der Waals surface area contributed by atoms with E-state index in [1.165, 1.54) is 17.2 Å². The van der Waals surface area contributed by atoms with Crippen molar-refractivity contribution in [1.82, 2.24) is 0 Å². The molecule has 1 aromatic carbocycles. The van der Waals surface area contributed by atoms with Crippen LogP contribution in [0.1, 0.15) is 73.1 Å². The van der Waals surface area contributed by atoms with Gasteiger partial charge in [0.15, 0.2) is 9.92 Å². The lowest BCUT2D eigenvalue weighted by atomic mass is 9.96. The van der Waals surface area contributed by atoms with Crippen molar-refractivity contribution in [3.63, 3.8) is 0 Å². The molecule has 0 bridgehead atoms. The number of nitrogens with two attached hydrogens (primary N) is 1. The lowest BCUT2D eigenvalue weighted by molar-refractivity contribution is 0.0769. The van der Waals surface area contributed by atoms with Gasteiger partial charge in [0, 0.05) is 17.3 Å². The second-order valence-corrected chi connectivity index (χ2v) is 10.7. The number of carbonyl (C=O) groups excluding carboxylic acids is 1. The number of anilines is 1. The van der Waals surface area contributed by atoms with Gasteiger partial charge in [0.2, 0.25) is 5.09 Å². The maximum absolute atomic E-state index is 13.0. The zero-order valence-electron chi connectivity index (χ0n) is 17.9. The van der Waals surface area contributed by atoms with E-state index in [9.17, 15) is 14.1 Å². The van der Waals surface area contributed by atoms with E-state index in [-0.39, 0.29) is 5.09 Å². The summed E-state index contributed by atoms with van der Waals surface area (Å²) in [5, 5.41) is 18.9. The normalized spacial score (nSPS) is 19.9. The van der Waals surface area contributed by atoms with Crippen LogP contribution in [-0.4, -0.2) is 15.3 Å². The largest absolute Gasteiger partial charge is 0.450 e. The lowest BCUT2D eigenvalue weighted by Crippen LogP contribution is -2.19. The molecule has 8 heteroatoms. The minimum atomic E-state index is -3.60. The van der Waals surface area contributed by atoms with Crippen LogP contribution in [0, 0.1) is 6.92 Å². The first-order chi connectivity index (χ1) is 14.0. The van der Waals surface area contributed by atoms with Crippen LogP contribution in [0.3, 0.4) is 0 Å². The van der Waals surface area contributed by atoms with Crippen LogP contribution in [0.25, 0.3) is 0 Å². The van der Waals surface area contributed by atoms with Gasteiger partial charge in [-0.2, -0.15) is 0 Å². The minimum Gasteiger partial charge on any atom is -0.450 e. The summed E-state index contributed by atoms with van der Waals surface area (Å²) < 4.78 is 22.2. The Balaban J connectivity index is 1.68. The third-order valence-electron chi connectivity index (χ3n) is 6.19. The van der Waals surface area contributed by atoms with Crippen molar-refractivity contribution in [3.05, 3.63) is 45.7 Å². The van der Waals surface area contributed by atoms with Gasteiger partial charge in [0.05, 0.1) is 5.60 Å². The Kier molecular flexibility index (Phi) is 5.07. The summed E-state index contributed by atoms with van der Waals surface area (Å²) in [4.78, 5) is 12.7. The predicted octanol–water partition coefficient (Wildman–Crippen LogP) is 4.29. The fourth-order valence-electron chi connectivity index (χ4n) is 4.69. The third-order valence-corrected chi connectivity index (χ3v) is 7.41. The Morgan fingerprint density at radius 2 is 2.03 bits per heavy atom. The molecule has 7 nitrogen and oxygen atoms in total. The molecule has 2 atom stereocenters. The molecule has 1 aromatic heterocycles. The van der Waals surface area contributed by atoms with Gasteiger partial charge in [-0.05, 0) is 81.0 Å². The topological polar surface area (TPSA) is 118 Å². The zero-order chi connectivity index (χ0) is 21.8. The highest BCUT2D eigenvalue weighted by Crippen LogP contribution is 2.43. The molecule has 0 spiro atoms. The van der Waals surface area contributed by atoms with E-state index in [0.29, 0.717) is 17.2 Å². The number of aliphatic hydroxyl groups is 1. The Morgan fingerprint density at radius 1 is 1.30 bits per heavy atom. The van der Waals surface area contributed by atoms with E-state index in [2.05, 4.69) is 22.7 Å². The molecule has 4 rings (SSSR count). The molecule has 1 unspecified atom stereocenters. The number of rotatable bonds is 3. The number of carbonyl (C=O) groups is 1. The van der Waals surface area contributed by atoms with Crippen molar-refractivity contribution < 1.29 is 18.5 Å². The first-order valence-corrected chi connectivity index (χ1v) is 11.9. The van der Waals surface area contributed by atoms with E-state index in [4.69, 9.17) is 9.56 Å². The molecular weight excluding hydrogens is 402 g/mol. The van der Waals surface area contributed by atoms with Crippen molar-refractivity contribution in [2.24, 2.45) is 9.50 Å². The molecule has 2 aromatic rings. The quantitative estimate of drug-likeness (QED) is 0.672. The number of nitrogens with one attached hydrogen (secondary N) is 1. The molecular formula is C22H29N3O4S. The number of hydrogen-bond acceptors (Lipinski definition) is 4. The zero-order valence-corrected chi connectivity index (χ0v) is 18.7. The molecule has 2 amide bonds. The van der Waals surface area contributed by atoms with Crippen LogP contribution in [0.5, 0.6) is 0 Å². The Hall–Kier alpha value is -2.16. The second-order valence-electron chi connectivity index (χ2n) is 8.93. The SMILES string of the molecule is Cc1oc(S(N)(=O)=NC(=O)Nc2c3c(cc4c2CC[C@@H]4C)CCC3)cc1C(C)(C)O. The number of benzene rings is 1. The number of aryl methyl sites for hydroxylation is 2. The van der Waals surface area contributed by atoms with Crippen LogP contribution in [0.4, 0.5) is 10.5 Å². The number of hydrogen-bond donors (Lipinski definition) is 3. The number of fused-ring (bicyclic) bond motifs is 2. The first-order valence-electron chi connectivity index (χ1n) is 10.3. The molecule has 0 fully saturated rings. The fourth-order valence-corrected chi connectivity index (χ4v) is 5.61. The molecule has 4 N–H and O–H groups in total. The van der Waals surface area contributed by atoms with Gasteiger partial charge >= 0.3 is 6.03 Å². The highest BCUT2D eigenvalue weighted by Gasteiger charge is 2.29. The maximum Gasteiger partial charge on any atom is 0.354 e. The van der Waals surface area contributed by atoms with Crippen molar-refractivity contribution in [2.75, 3.05) is 5.32 Å². The Labute approximate surface area is 177 Å². The van der Waals surface area contributed by atoms with Crippen LogP contribution in [-0.2, 0) is 34.8 Å². The van der Waals surface area contributed by atoms with E-state index >= 15 is 0 Å². The smallest absolute Gasteiger partial charge is 0.354 e. The highest BCUT2D eigenvalue weighted by molar-refractivity contribution is 7.91. The molecule has 2 aliphatic rings. The first kappa shape index (κ1) is 21.1. The third kappa shape index (κ3) is 3.68. The van der Waals surface area contributed by atoms with Crippen LogP contribution in [0.15, 0.2) is 26.0 Å². The number of furan rings is 1. The maximum atomic E-state index is 13.0. The minimum absolute atomic E-state index is 0.121. The number of nitrogens with zero attached hydrogens (tertiary/aromatic N) is 1. The van der Waals surface area contributed by atoms with Gasteiger partial charge in [-0.1, -0.05) is 13.0 Å². The lowest BCUT2D eigenvalue weighted by Gasteiger charge is -2.16.